The van der Waals surface area contributed by atoms with Gasteiger partial charge in [0.25, 0.3) is 0 Å². The molecule has 0 atom stereocenters. The van der Waals surface area contributed by atoms with Crippen molar-refractivity contribution in [1.29, 1.82) is 0 Å². The largest absolute Gasteiger partial charge is 0.297 e. The van der Waals surface area contributed by atoms with E-state index in [2.05, 4.69) is 9.80 Å². The highest BCUT2D eigenvalue weighted by Gasteiger charge is 2.19. The molecule has 3 nitrogen and oxygen atoms in total. The third-order valence-corrected chi connectivity index (χ3v) is 4.86. The van der Waals surface area contributed by atoms with E-state index in [0.29, 0.717) is 6.54 Å². The van der Waals surface area contributed by atoms with Gasteiger partial charge in [-0.1, -0.05) is 18.2 Å². The van der Waals surface area contributed by atoms with Crippen LogP contribution in [0.1, 0.15) is 15.2 Å². The minimum atomic E-state index is -0.194. The highest BCUT2D eigenvalue weighted by Crippen LogP contribution is 2.13. The predicted octanol–water partition coefficient (Wildman–Crippen LogP) is 2.89. The molecule has 1 saturated heterocycles. The van der Waals surface area contributed by atoms with Crippen LogP contribution >= 0.6 is 11.3 Å². The van der Waals surface area contributed by atoms with Crippen LogP contribution in [0.2, 0.25) is 0 Å². The maximum atomic E-state index is 12.9. The molecule has 0 bridgehead atoms. The Labute approximate surface area is 134 Å². The predicted molar refractivity (Wildman–Crippen MR) is 86.8 cm³/mol. The summed E-state index contributed by atoms with van der Waals surface area (Å²) < 4.78 is 12.9. The van der Waals surface area contributed by atoms with Gasteiger partial charge in [-0.25, -0.2) is 4.39 Å². The maximum Gasteiger partial charge on any atom is 0.186 e. The molecule has 0 N–H and O–H groups in total. The smallest absolute Gasteiger partial charge is 0.186 e. The van der Waals surface area contributed by atoms with Crippen LogP contribution in [-0.4, -0.2) is 48.3 Å². The Kier molecular flexibility index (Phi) is 4.97. The lowest BCUT2D eigenvalue weighted by molar-refractivity contribution is 0.0847. The first-order valence-electron chi connectivity index (χ1n) is 7.46. The van der Waals surface area contributed by atoms with Crippen molar-refractivity contribution in [3.8, 4) is 0 Å². The standard InChI is InChI=1S/C17H19FN2OS/c18-15-5-3-14(4-6-15)12-19-7-9-20(10-8-19)13-16(21)17-2-1-11-22-17/h1-6,11H,7-10,12-13H2. The van der Waals surface area contributed by atoms with E-state index in [4.69, 9.17) is 0 Å². The zero-order valence-corrected chi connectivity index (χ0v) is 13.2. The molecule has 1 fully saturated rings. The van der Waals surface area contributed by atoms with Gasteiger partial charge >= 0.3 is 0 Å². The lowest BCUT2D eigenvalue weighted by atomic mass is 10.2. The molecule has 0 saturated carbocycles. The van der Waals surface area contributed by atoms with Crippen molar-refractivity contribution in [3.05, 3.63) is 58.0 Å². The van der Waals surface area contributed by atoms with E-state index in [1.807, 2.05) is 29.6 Å². The number of benzene rings is 1. The van der Waals surface area contributed by atoms with Gasteiger partial charge in [0, 0.05) is 32.7 Å². The van der Waals surface area contributed by atoms with Crippen molar-refractivity contribution < 1.29 is 9.18 Å². The SMILES string of the molecule is O=C(CN1CCN(Cc2ccc(F)cc2)CC1)c1cccs1. The number of carbonyl (C=O) groups excluding carboxylic acids is 1. The van der Waals surface area contributed by atoms with Crippen LogP contribution < -0.4 is 0 Å². The summed E-state index contributed by atoms with van der Waals surface area (Å²) in [7, 11) is 0. The molecule has 5 heteroatoms. The number of piperazine rings is 1. The van der Waals surface area contributed by atoms with Crippen LogP contribution in [0.3, 0.4) is 0 Å². The van der Waals surface area contributed by atoms with Crippen molar-refractivity contribution in [3.63, 3.8) is 0 Å². The number of Topliss-reactive ketones (excluding diaryl/α,β-unsaturated/α-hetero) is 1. The van der Waals surface area contributed by atoms with Crippen LogP contribution in [0.4, 0.5) is 4.39 Å². The van der Waals surface area contributed by atoms with E-state index in [0.717, 1.165) is 43.2 Å². The number of nitrogens with zero attached hydrogens (tertiary/aromatic N) is 2. The molecule has 1 aliphatic heterocycles. The number of halogens is 1. The van der Waals surface area contributed by atoms with Crippen LogP contribution in [-0.2, 0) is 6.54 Å². The highest BCUT2D eigenvalue weighted by atomic mass is 32.1. The summed E-state index contributed by atoms with van der Waals surface area (Å²) in [4.78, 5) is 17.5. The molecule has 1 aromatic heterocycles. The zero-order valence-electron chi connectivity index (χ0n) is 12.4. The van der Waals surface area contributed by atoms with Crippen LogP contribution in [0.5, 0.6) is 0 Å². The highest BCUT2D eigenvalue weighted by molar-refractivity contribution is 7.12. The monoisotopic (exact) mass is 318 g/mol. The molecule has 2 aromatic rings. The summed E-state index contributed by atoms with van der Waals surface area (Å²) in [5, 5.41) is 1.94. The number of thiophene rings is 1. The third kappa shape index (κ3) is 4.00. The summed E-state index contributed by atoms with van der Waals surface area (Å²) >= 11 is 1.51. The van der Waals surface area contributed by atoms with Crippen molar-refractivity contribution in [1.82, 2.24) is 9.80 Å². The quantitative estimate of drug-likeness (QED) is 0.792. The summed E-state index contributed by atoms with van der Waals surface area (Å²) in [6, 6.07) is 10.5. The Bertz CT molecular complexity index is 604. The minimum absolute atomic E-state index is 0.194. The van der Waals surface area contributed by atoms with Gasteiger partial charge in [0.15, 0.2) is 5.78 Å². The summed E-state index contributed by atoms with van der Waals surface area (Å²) in [5.41, 5.74) is 1.13. The Morgan fingerprint density at radius 3 is 2.36 bits per heavy atom. The fourth-order valence-electron chi connectivity index (χ4n) is 2.67. The Hall–Kier alpha value is -1.56. The molecular formula is C17H19FN2OS. The Morgan fingerprint density at radius 2 is 1.73 bits per heavy atom. The lowest BCUT2D eigenvalue weighted by Gasteiger charge is -2.34. The lowest BCUT2D eigenvalue weighted by Crippen LogP contribution is -2.47. The molecule has 3 rings (SSSR count). The Balaban J connectivity index is 1.46. The van der Waals surface area contributed by atoms with Gasteiger partial charge in [-0.15, -0.1) is 11.3 Å². The van der Waals surface area contributed by atoms with E-state index in [1.54, 1.807) is 0 Å². The molecule has 22 heavy (non-hydrogen) atoms. The van der Waals surface area contributed by atoms with E-state index >= 15 is 0 Å². The molecule has 0 spiro atoms. The average Bonchev–Trinajstić information content (AvgIpc) is 3.06. The molecule has 0 unspecified atom stereocenters. The summed E-state index contributed by atoms with van der Waals surface area (Å²) in [5.74, 6) is 0.0163. The van der Waals surface area contributed by atoms with Gasteiger partial charge in [-0.2, -0.15) is 0 Å². The van der Waals surface area contributed by atoms with Gasteiger partial charge in [-0.3, -0.25) is 14.6 Å². The van der Waals surface area contributed by atoms with Gasteiger partial charge in [0.05, 0.1) is 11.4 Å². The average molecular weight is 318 g/mol. The molecule has 2 heterocycles. The van der Waals surface area contributed by atoms with E-state index in [1.165, 1.54) is 23.5 Å². The van der Waals surface area contributed by atoms with Gasteiger partial charge < -0.3 is 0 Å². The first-order valence-corrected chi connectivity index (χ1v) is 8.34. The minimum Gasteiger partial charge on any atom is -0.297 e. The first kappa shape index (κ1) is 15.3. The van der Waals surface area contributed by atoms with Gasteiger partial charge in [0.1, 0.15) is 5.82 Å². The fourth-order valence-corrected chi connectivity index (χ4v) is 3.33. The summed E-state index contributed by atoms with van der Waals surface area (Å²) in [6.07, 6.45) is 0. The number of hydrogen-bond donors (Lipinski definition) is 0. The normalized spacial score (nSPS) is 16.8. The second-order valence-corrected chi connectivity index (χ2v) is 6.53. The molecule has 0 aliphatic carbocycles. The number of rotatable bonds is 5. The molecule has 0 amide bonds. The molecule has 116 valence electrons. The van der Waals surface area contributed by atoms with Gasteiger partial charge in [-0.05, 0) is 29.1 Å². The van der Waals surface area contributed by atoms with Gasteiger partial charge in [0.2, 0.25) is 0 Å². The second-order valence-electron chi connectivity index (χ2n) is 5.58. The first-order chi connectivity index (χ1) is 10.7. The topological polar surface area (TPSA) is 23.6 Å². The number of carbonyl (C=O) groups is 1. The van der Waals surface area contributed by atoms with Crippen molar-refractivity contribution in [2.75, 3.05) is 32.7 Å². The van der Waals surface area contributed by atoms with E-state index in [-0.39, 0.29) is 11.6 Å². The fraction of sp³-hybridized carbons (Fsp3) is 0.353. The van der Waals surface area contributed by atoms with E-state index in [9.17, 15) is 9.18 Å². The Morgan fingerprint density at radius 1 is 1.05 bits per heavy atom. The maximum absolute atomic E-state index is 12.9. The zero-order chi connectivity index (χ0) is 15.4. The molecule has 1 aliphatic rings. The van der Waals surface area contributed by atoms with E-state index < -0.39 is 0 Å². The van der Waals surface area contributed by atoms with Crippen molar-refractivity contribution in [2.45, 2.75) is 6.54 Å². The van der Waals surface area contributed by atoms with Crippen molar-refractivity contribution in [2.24, 2.45) is 0 Å². The number of hydrogen-bond acceptors (Lipinski definition) is 4. The second kappa shape index (κ2) is 7.13. The van der Waals surface area contributed by atoms with Crippen LogP contribution in [0.25, 0.3) is 0 Å². The van der Waals surface area contributed by atoms with Crippen LogP contribution in [0.15, 0.2) is 41.8 Å². The summed E-state index contributed by atoms with van der Waals surface area (Å²) in [6.45, 7) is 5.03. The molecule has 0 radical (unpaired) electrons. The number of ketones is 1. The third-order valence-electron chi connectivity index (χ3n) is 3.95. The van der Waals surface area contributed by atoms with Crippen molar-refractivity contribution >= 4 is 17.1 Å². The molecular weight excluding hydrogens is 299 g/mol. The van der Waals surface area contributed by atoms with Crippen LogP contribution in [0, 0.1) is 5.82 Å². The molecule has 1 aromatic carbocycles.